The molecular weight excluding hydrogens is 300 g/mol. The molecule has 0 aromatic heterocycles. The molecule has 1 N–H and O–H groups in total. The van der Waals surface area contributed by atoms with Gasteiger partial charge in [-0.2, -0.15) is 11.8 Å². The van der Waals surface area contributed by atoms with Crippen LogP contribution in [0.5, 0.6) is 5.75 Å². The molecule has 3 rings (SSSR count). The number of benzene rings is 1. The fourth-order valence-electron chi connectivity index (χ4n) is 2.83. The lowest BCUT2D eigenvalue weighted by Gasteiger charge is -2.19. The number of nitrogens with one attached hydrogen (secondary N) is 1. The third kappa shape index (κ3) is 2.92. The summed E-state index contributed by atoms with van der Waals surface area (Å²) in [6.45, 7) is 2.91. The molecule has 2 aliphatic heterocycles. The third-order valence-electron chi connectivity index (χ3n) is 4.05. The van der Waals surface area contributed by atoms with Crippen LogP contribution in [-0.4, -0.2) is 47.0 Å². The second-order valence-corrected chi connectivity index (χ2v) is 6.90. The first-order chi connectivity index (χ1) is 10.6. The third-order valence-corrected chi connectivity index (χ3v) is 5.24. The Morgan fingerprint density at radius 1 is 1.41 bits per heavy atom. The van der Waals surface area contributed by atoms with Gasteiger partial charge >= 0.3 is 6.03 Å². The van der Waals surface area contributed by atoms with E-state index < -0.39 is 5.54 Å². The van der Waals surface area contributed by atoms with E-state index in [9.17, 15) is 9.59 Å². The standard InChI is InChI=1S/C16H20N2O3S/c1-12-4-2-5-13(10-12)21-8-3-7-18-14(19)16(17-15(18)20)6-9-22-11-16/h2,4-5,10H,3,6-9,11H2,1H3,(H,17,20)/t16-/m1/s1. The molecule has 0 aliphatic carbocycles. The summed E-state index contributed by atoms with van der Waals surface area (Å²) < 4.78 is 5.66. The lowest BCUT2D eigenvalue weighted by molar-refractivity contribution is -0.130. The zero-order valence-electron chi connectivity index (χ0n) is 12.6. The molecule has 5 nitrogen and oxygen atoms in total. The molecule has 0 saturated carbocycles. The molecule has 6 heteroatoms. The van der Waals surface area contributed by atoms with Crippen molar-refractivity contribution in [1.82, 2.24) is 10.2 Å². The summed E-state index contributed by atoms with van der Waals surface area (Å²) in [6.07, 6.45) is 1.37. The fourth-order valence-corrected chi connectivity index (χ4v) is 4.15. The van der Waals surface area contributed by atoms with E-state index in [1.807, 2.05) is 31.2 Å². The van der Waals surface area contributed by atoms with Gasteiger partial charge in [0.2, 0.25) is 0 Å². The van der Waals surface area contributed by atoms with Crippen LogP contribution in [0.2, 0.25) is 0 Å². The van der Waals surface area contributed by atoms with Gasteiger partial charge in [0.15, 0.2) is 0 Å². The minimum Gasteiger partial charge on any atom is -0.494 e. The number of hydrogen-bond acceptors (Lipinski definition) is 4. The number of nitrogens with zero attached hydrogens (tertiary/aromatic N) is 1. The average molecular weight is 320 g/mol. The van der Waals surface area contributed by atoms with Crippen molar-refractivity contribution in [3.8, 4) is 5.75 Å². The Morgan fingerprint density at radius 3 is 3.00 bits per heavy atom. The maximum absolute atomic E-state index is 12.4. The highest BCUT2D eigenvalue weighted by Gasteiger charge is 2.52. The van der Waals surface area contributed by atoms with Crippen molar-refractivity contribution in [1.29, 1.82) is 0 Å². The monoisotopic (exact) mass is 320 g/mol. The quantitative estimate of drug-likeness (QED) is 0.667. The van der Waals surface area contributed by atoms with Crippen LogP contribution in [0.3, 0.4) is 0 Å². The van der Waals surface area contributed by atoms with Gasteiger partial charge in [0, 0.05) is 12.3 Å². The van der Waals surface area contributed by atoms with Gasteiger partial charge in [-0.15, -0.1) is 0 Å². The van der Waals surface area contributed by atoms with Crippen molar-refractivity contribution in [3.05, 3.63) is 29.8 Å². The summed E-state index contributed by atoms with van der Waals surface area (Å²) in [5.74, 6) is 2.36. The number of carbonyl (C=O) groups is 2. The highest BCUT2D eigenvalue weighted by molar-refractivity contribution is 7.99. The van der Waals surface area contributed by atoms with E-state index in [4.69, 9.17) is 4.74 Å². The molecular formula is C16H20N2O3S. The summed E-state index contributed by atoms with van der Waals surface area (Å²) in [4.78, 5) is 25.8. The van der Waals surface area contributed by atoms with Gasteiger partial charge in [0.05, 0.1) is 6.61 Å². The average Bonchev–Trinajstić information content (AvgIpc) is 3.04. The SMILES string of the molecule is Cc1cccc(OCCCN2C(=O)N[C@@]3(CCSC3)C2=O)c1. The normalized spacial score (nSPS) is 24.1. The number of rotatable bonds is 5. The van der Waals surface area contributed by atoms with Crippen LogP contribution >= 0.6 is 11.8 Å². The Bertz CT molecular complexity index is 585. The number of amides is 3. The van der Waals surface area contributed by atoms with E-state index >= 15 is 0 Å². The van der Waals surface area contributed by atoms with E-state index in [1.54, 1.807) is 11.8 Å². The molecule has 2 heterocycles. The molecule has 0 unspecified atom stereocenters. The van der Waals surface area contributed by atoms with Crippen LogP contribution in [0, 0.1) is 6.92 Å². The Labute approximate surface area is 134 Å². The van der Waals surface area contributed by atoms with Gasteiger partial charge in [0.1, 0.15) is 11.3 Å². The number of urea groups is 1. The van der Waals surface area contributed by atoms with Crippen molar-refractivity contribution >= 4 is 23.7 Å². The van der Waals surface area contributed by atoms with Gasteiger partial charge in [-0.1, -0.05) is 12.1 Å². The highest BCUT2D eigenvalue weighted by Crippen LogP contribution is 2.33. The second kappa shape index (κ2) is 6.20. The summed E-state index contributed by atoms with van der Waals surface area (Å²) in [6, 6.07) is 7.58. The first-order valence-electron chi connectivity index (χ1n) is 7.52. The molecule has 0 radical (unpaired) electrons. The number of ether oxygens (including phenoxy) is 1. The van der Waals surface area contributed by atoms with Gasteiger partial charge in [-0.05, 0) is 43.2 Å². The van der Waals surface area contributed by atoms with Gasteiger partial charge in [-0.3, -0.25) is 9.69 Å². The first kappa shape index (κ1) is 15.2. The first-order valence-corrected chi connectivity index (χ1v) is 8.68. The minimum absolute atomic E-state index is 0.0712. The number of carbonyl (C=O) groups excluding carboxylic acids is 2. The molecule has 3 amide bonds. The van der Waals surface area contributed by atoms with Crippen LogP contribution in [-0.2, 0) is 4.79 Å². The molecule has 1 atom stereocenters. The fraction of sp³-hybridized carbons (Fsp3) is 0.500. The van der Waals surface area contributed by atoms with Crippen LogP contribution in [0.4, 0.5) is 4.79 Å². The van der Waals surface area contributed by atoms with Crippen molar-refractivity contribution in [2.75, 3.05) is 24.7 Å². The van der Waals surface area contributed by atoms with E-state index in [1.165, 1.54) is 4.90 Å². The van der Waals surface area contributed by atoms with Crippen molar-refractivity contribution in [2.45, 2.75) is 25.3 Å². The van der Waals surface area contributed by atoms with Crippen molar-refractivity contribution in [2.24, 2.45) is 0 Å². The van der Waals surface area contributed by atoms with Crippen LogP contribution in [0.25, 0.3) is 0 Å². The van der Waals surface area contributed by atoms with Crippen LogP contribution < -0.4 is 10.1 Å². The van der Waals surface area contributed by atoms with Gasteiger partial charge in [0.25, 0.3) is 5.91 Å². The summed E-state index contributed by atoms with van der Waals surface area (Å²) in [5.41, 5.74) is 0.506. The predicted molar refractivity (Wildman–Crippen MR) is 86.2 cm³/mol. The molecule has 2 fully saturated rings. The molecule has 1 spiro atoms. The van der Waals surface area contributed by atoms with E-state index in [0.717, 1.165) is 23.5 Å². The number of imide groups is 1. The summed E-state index contributed by atoms with van der Waals surface area (Å²) in [5, 5.41) is 2.87. The molecule has 1 aromatic carbocycles. The molecule has 118 valence electrons. The topological polar surface area (TPSA) is 58.6 Å². The van der Waals surface area contributed by atoms with Crippen molar-refractivity contribution in [3.63, 3.8) is 0 Å². The van der Waals surface area contributed by atoms with E-state index in [-0.39, 0.29) is 11.9 Å². The zero-order chi connectivity index (χ0) is 15.6. The minimum atomic E-state index is -0.640. The number of aryl methyl sites for hydroxylation is 1. The highest BCUT2D eigenvalue weighted by atomic mass is 32.2. The predicted octanol–water partition coefficient (Wildman–Crippen LogP) is 2.19. The van der Waals surface area contributed by atoms with Gasteiger partial charge in [-0.25, -0.2) is 4.79 Å². The van der Waals surface area contributed by atoms with Crippen molar-refractivity contribution < 1.29 is 14.3 Å². The zero-order valence-corrected chi connectivity index (χ0v) is 13.4. The number of hydrogen-bond donors (Lipinski definition) is 1. The maximum Gasteiger partial charge on any atom is 0.325 e. The van der Waals surface area contributed by atoms with Crippen LogP contribution in [0.15, 0.2) is 24.3 Å². The lowest BCUT2D eigenvalue weighted by atomic mass is 9.99. The van der Waals surface area contributed by atoms with E-state index in [0.29, 0.717) is 25.3 Å². The second-order valence-electron chi connectivity index (χ2n) is 5.79. The Morgan fingerprint density at radius 2 is 2.27 bits per heavy atom. The molecule has 2 saturated heterocycles. The Balaban J connectivity index is 1.49. The van der Waals surface area contributed by atoms with E-state index in [2.05, 4.69) is 5.32 Å². The molecule has 2 aliphatic rings. The molecule has 0 bridgehead atoms. The Hall–Kier alpha value is -1.69. The Kier molecular flexibility index (Phi) is 4.29. The largest absolute Gasteiger partial charge is 0.494 e. The summed E-state index contributed by atoms with van der Waals surface area (Å²) >= 11 is 1.72. The van der Waals surface area contributed by atoms with Gasteiger partial charge < -0.3 is 10.1 Å². The number of thioether (sulfide) groups is 1. The lowest BCUT2D eigenvalue weighted by Crippen LogP contribution is -2.47. The van der Waals surface area contributed by atoms with Crippen LogP contribution in [0.1, 0.15) is 18.4 Å². The summed E-state index contributed by atoms with van der Waals surface area (Å²) in [7, 11) is 0. The maximum atomic E-state index is 12.4. The smallest absolute Gasteiger partial charge is 0.325 e. The molecule has 1 aromatic rings. The molecule has 22 heavy (non-hydrogen) atoms.